The van der Waals surface area contributed by atoms with E-state index >= 15 is 0 Å². The normalized spacial score (nSPS) is 21.1. The van der Waals surface area contributed by atoms with Crippen LogP contribution in [0.3, 0.4) is 0 Å². The Labute approximate surface area is 87.6 Å². The molecule has 1 heterocycles. The van der Waals surface area contributed by atoms with E-state index in [-0.39, 0.29) is 5.78 Å². The molecule has 0 atom stereocenters. The number of carbonyl (C=O) groups is 1. The van der Waals surface area contributed by atoms with Gasteiger partial charge in [-0.25, -0.2) is 0 Å². The van der Waals surface area contributed by atoms with Crippen molar-refractivity contribution in [2.24, 2.45) is 0 Å². The summed E-state index contributed by atoms with van der Waals surface area (Å²) in [5.41, 5.74) is 0.285. The Morgan fingerprint density at radius 3 is 2.57 bits per heavy atom. The topological polar surface area (TPSA) is 37.3 Å². The van der Waals surface area contributed by atoms with Crippen molar-refractivity contribution in [1.82, 2.24) is 0 Å². The van der Waals surface area contributed by atoms with Crippen LogP contribution in [0.2, 0.25) is 0 Å². The average Bonchev–Trinajstić information content (AvgIpc) is 2.58. The van der Waals surface area contributed by atoms with Crippen LogP contribution in [0.4, 0.5) is 0 Å². The maximum atomic E-state index is 11.1. The average molecular weight is 210 g/mol. The third kappa shape index (κ3) is 1.62. The lowest BCUT2D eigenvalue weighted by molar-refractivity contribution is -0.125. The van der Waals surface area contributed by atoms with Crippen molar-refractivity contribution in [3.05, 3.63) is 21.9 Å². The molecule has 76 valence electrons. The molecule has 1 aliphatic carbocycles. The second kappa shape index (κ2) is 3.48. The SMILES string of the molecule is Cc1sccc1C1(O)CCC(=O)CC1. The van der Waals surface area contributed by atoms with E-state index in [0.29, 0.717) is 25.7 Å². The quantitative estimate of drug-likeness (QED) is 0.772. The number of aliphatic hydroxyl groups is 1. The van der Waals surface area contributed by atoms with Crippen molar-refractivity contribution in [2.75, 3.05) is 0 Å². The number of hydrogen-bond acceptors (Lipinski definition) is 3. The predicted octanol–water partition coefficient (Wildman–Crippen LogP) is 2.39. The Morgan fingerprint density at radius 2 is 2.07 bits per heavy atom. The molecular weight excluding hydrogens is 196 g/mol. The fourth-order valence-electron chi connectivity index (χ4n) is 2.08. The molecule has 2 rings (SSSR count). The van der Waals surface area contributed by atoms with E-state index in [1.807, 2.05) is 18.4 Å². The molecule has 3 heteroatoms. The minimum atomic E-state index is -0.738. The smallest absolute Gasteiger partial charge is 0.133 e. The first-order valence-electron chi connectivity index (χ1n) is 4.90. The number of hydrogen-bond donors (Lipinski definition) is 1. The largest absolute Gasteiger partial charge is 0.385 e. The van der Waals surface area contributed by atoms with Gasteiger partial charge in [-0.1, -0.05) is 0 Å². The van der Waals surface area contributed by atoms with Crippen molar-refractivity contribution >= 4 is 17.1 Å². The molecule has 0 aromatic carbocycles. The van der Waals surface area contributed by atoms with Crippen molar-refractivity contribution in [3.8, 4) is 0 Å². The van der Waals surface area contributed by atoms with Crippen molar-refractivity contribution in [1.29, 1.82) is 0 Å². The van der Waals surface area contributed by atoms with Crippen LogP contribution in [-0.2, 0) is 10.4 Å². The van der Waals surface area contributed by atoms with Crippen LogP contribution in [-0.4, -0.2) is 10.9 Å². The summed E-state index contributed by atoms with van der Waals surface area (Å²) >= 11 is 1.65. The lowest BCUT2D eigenvalue weighted by Crippen LogP contribution is -2.31. The third-order valence-corrected chi connectivity index (χ3v) is 3.84. The number of aryl methyl sites for hydroxylation is 1. The van der Waals surface area contributed by atoms with E-state index in [1.165, 1.54) is 4.88 Å². The summed E-state index contributed by atoms with van der Waals surface area (Å²) in [4.78, 5) is 12.3. The summed E-state index contributed by atoms with van der Waals surface area (Å²) in [5, 5.41) is 12.4. The van der Waals surface area contributed by atoms with Crippen LogP contribution in [0.1, 0.15) is 36.1 Å². The summed E-state index contributed by atoms with van der Waals surface area (Å²) in [6.07, 6.45) is 2.21. The van der Waals surface area contributed by atoms with Crippen molar-refractivity contribution in [3.63, 3.8) is 0 Å². The summed E-state index contributed by atoms with van der Waals surface area (Å²) in [6, 6.07) is 1.98. The number of rotatable bonds is 1. The molecule has 1 N–H and O–H groups in total. The Kier molecular flexibility index (Phi) is 2.45. The molecule has 1 aromatic rings. The van der Waals surface area contributed by atoms with Crippen LogP contribution < -0.4 is 0 Å². The van der Waals surface area contributed by atoms with Gasteiger partial charge >= 0.3 is 0 Å². The van der Waals surface area contributed by atoms with Gasteiger partial charge in [0.1, 0.15) is 5.78 Å². The second-order valence-corrected chi connectivity index (χ2v) is 5.08. The highest BCUT2D eigenvalue weighted by Crippen LogP contribution is 2.38. The second-order valence-electron chi connectivity index (χ2n) is 3.96. The first kappa shape index (κ1) is 9.87. The Bertz CT molecular complexity index is 344. The Balaban J connectivity index is 2.25. The number of carbonyl (C=O) groups excluding carboxylic acids is 1. The number of ketones is 1. The van der Waals surface area contributed by atoms with E-state index in [1.54, 1.807) is 11.3 Å². The number of thiophene rings is 1. The van der Waals surface area contributed by atoms with Crippen LogP contribution >= 0.6 is 11.3 Å². The number of Topliss-reactive ketones (excluding diaryl/α,β-unsaturated/α-hetero) is 1. The standard InChI is InChI=1S/C11H14O2S/c1-8-10(4-7-14-8)11(13)5-2-9(12)3-6-11/h4,7,13H,2-3,5-6H2,1H3. The molecule has 0 aliphatic heterocycles. The molecule has 2 nitrogen and oxygen atoms in total. The lowest BCUT2D eigenvalue weighted by Gasteiger charge is -2.31. The van der Waals surface area contributed by atoms with Crippen molar-refractivity contribution < 1.29 is 9.90 Å². The van der Waals surface area contributed by atoms with E-state index in [9.17, 15) is 9.90 Å². The monoisotopic (exact) mass is 210 g/mol. The van der Waals surface area contributed by atoms with Gasteiger partial charge in [-0.05, 0) is 36.8 Å². The molecule has 0 amide bonds. The van der Waals surface area contributed by atoms with Crippen LogP contribution in [0.15, 0.2) is 11.4 Å². The van der Waals surface area contributed by atoms with E-state index < -0.39 is 5.60 Å². The molecule has 1 saturated carbocycles. The van der Waals surface area contributed by atoms with Gasteiger partial charge in [0, 0.05) is 17.7 Å². The fourth-order valence-corrected chi connectivity index (χ4v) is 2.87. The predicted molar refractivity (Wildman–Crippen MR) is 56.4 cm³/mol. The molecule has 0 radical (unpaired) electrons. The van der Waals surface area contributed by atoms with E-state index in [4.69, 9.17) is 0 Å². The van der Waals surface area contributed by atoms with E-state index in [2.05, 4.69) is 0 Å². The Morgan fingerprint density at radius 1 is 1.43 bits per heavy atom. The van der Waals surface area contributed by atoms with Crippen LogP contribution in [0.25, 0.3) is 0 Å². The molecule has 1 aromatic heterocycles. The molecular formula is C11H14O2S. The summed E-state index contributed by atoms with van der Waals surface area (Å²) < 4.78 is 0. The van der Waals surface area contributed by atoms with Gasteiger partial charge in [0.25, 0.3) is 0 Å². The first-order valence-corrected chi connectivity index (χ1v) is 5.78. The molecule has 1 fully saturated rings. The zero-order chi connectivity index (χ0) is 10.2. The van der Waals surface area contributed by atoms with Gasteiger partial charge in [-0.3, -0.25) is 4.79 Å². The van der Waals surface area contributed by atoms with Crippen LogP contribution in [0.5, 0.6) is 0 Å². The first-order chi connectivity index (χ1) is 6.62. The van der Waals surface area contributed by atoms with E-state index in [0.717, 1.165) is 5.56 Å². The maximum Gasteiger partial charge on any atom is 0.133 e. The minimum Gasteiger partial charge on any atom is -0.385 e. The van der Waals surface area contributed by atoms with Gasteiger partial charge < -0.3 is 5.11 Å². The highest BCUT2D eigenvalue weighted by molar-refractivity contribution is 7.10. The minimum absolute atomic E-state index is 0.280. The van der Waals surface area contributed by atoms with Crippen LogP contribution in [0, 0.1) is 6.92 Å². The Hall–Kier alpha value is -0.670. The summed E-state index contributed by atoms with van der Waals surface area (Å²) in [6.45, 7) is 2.02. The molecule has 0 bridgehead atoms. The highest BCUT2D eigenvalue weighted by Gasteiger charge is 2.35. The highest BCUT2D eigenvalue weighted by atomic mass is 32.1. The summed E-state index contributed by atoms with van der Waals surface area (Å²) in [5.74, 6) is 0.280. The molecule has 0 spiro atoms. The van der Waals surface area contributed by atoms with Gasteiger partial charge in [-0.2, -0.15) is 0 Å². The van der Waals surface area contributed by atoms with Gasteiger partial charge in [0.15, 0.2) is 0 Å². The molecule has 14 heavy (non-hydrogen) atoms. The fraction of sp³-hybridized carbons (Fsp3) is 0.545. The lowest BCUT2D eigenvalue weighted by atomic mass is 9.79. The molecule has 0 unspecified atom stereocenters. The van der Waals surface area contributed by atoms with Gasteiger partial charge in [0.05, 0.1) is 5.60 Å². The van der Waals surface area contributed by atoms with Gasteiger partial charge in [-0.15, -0.1) is 11.3 Å². The zero-order valence-electron chi connectivity index (χ0n) is 8.25. The third-order valence-electron chi connectivity index (χ3n) is 3.00. The van der Waals surface area contributed by atoms with Crippen molar-refractivity contribution in [2.45, 2.75) is 38.2 Å². The molecule has 1 aliphatic rings. The molecule has 0 saturated heterocycles. The maximum absolute atomic E-state index is 11.1. The van der Waals surface area contributed by atoms with Gasteiger partial charge in [0.2, 0.25) is 0 Å². The summed E-state index contributed by atoms with van der Waals surface area (Å²) in [7, 11) is 0. The zero-order valence-corrected chi connectivity index (χ0v) is 9.06.